The Morgan fingerprint density at radius 1 is 0.905 bits per heavy atom. The van der Waals surface area contributed by atoms with Crippen molar-refractivity contribution in [2.24, 2.45) is 0 Å². The van der Waals surface area contributed by atoms with Gasteiger partial charge in [-0.25, -0.2) is 4.79 Å². The predicted molar refractivity (Wildman–Crippen MR) is 78.3 cm³/mol. The van der Waals surface area contributed by atoms with E-state index in [0.29, 0.717) is 16.9 Å². The molecule has 0 aliphatic rings. The van der Waals surface area contributed by atoms with E-state index in [0.717, 1.165) is 6.26 Å². The van der Waals surface area contributed by atoms with Crippen LogP contribution < -0.4 is 4.74 Å². The van der Waals surface area contributed by atoms with Crippen molar-refractivity contribution >= 4 is 11.8 Å². The molecule has 21 heavy (non-hydrogen) atoms. The Kier molecular flexibility index (Phi) is 4.88. The molecule has 0 N–H and O–H groups in total. The molecule has 106 valence electrons. The van der Waals surface area contributed by atoms with E-state index in [1.54, 1.807) is 55.6 Å². The van der Waals surface area contributed by atoms with E-state index in [1.807, 2.05) is 6.07 Å². The molecule has 0 bridgehead atoms. The second-order valence-corrected chi connectivity index (χ2v) is 4.17. The van der Waals surface area contributed by atoms with Crippen molar-refractivity contribution in [1.29, 1.82) is 0 Å². The summed E-state index contributed by atoms with van der Waals surface area (Å²) < 4.78 is 9.91. The summed E-state index contributed by atoms with van der Waals surface area (Å²) in [6, 6.07) is 15.3. The Labute approximate surface area is 122 Å². The summed E-state index contributed by atoms with van der Waals surface area (Å²) in [6.45, 7) is 0. The molecule has 0 saturated carbocycles. The van der Waals surface area contributed by atoms with Crippen LogP contribution in [0.5, 0.6) is 5.75 Å². The van der Waals surface area contributed by atoms with Crippen LogP contribution in [0.1, 0.15) is 20.7 Å². The van der Waals surface area contributed by atoms with Crippen molar-refractivity contribution in [2.75, 3.05) is 7.11 Å². The SMILES string of the molecule is COc1ccc(C(=O)O/C=C/C(=O)c2ccccc2)cc1. The van der Waals surface area contributed by atoms with Crippen LogP contribution in [0.15, 0.2) is 66.9 Å². The number of esters is 1. The van der Waals surface area contributed by atoms with Gasteiger partial charge in [-0.05, 0) is 24.3 Å². The van der Waals surface area contributed by atoms with Crippen molar-refractivity contribution in [3.63, 3.8) is 0 Å². The maximum absolute atomic E-state index is 11.8. The molecule has 2 aromatic carbocycles. The van der Waals surface area contributed by atoms with Gasteiger partial charge in [0.25, 0.3) is 0 Å². The van der Waals surface area contributed by atoms with Gasteiger partial charge in [0.15, 0.2) is 5.78 Å². The molecular weight excluding hydrogens is 268 g/mol. The molecule has 0 amide bonds. The van der Waals surface area contributed by atoms with Gasteiger partial charge in [-0.3, -0.25) is 4.79 Å². The lowest BCUT2D eigenvalue weighted by Gasteiger charge is -2.01. The molecule has 4 nitrogen and oxygen atoms in total. The Bertz CT molecular complexity index is 642. The third-order valence-corrected chi connectivity index (χ3v) is 2.78. The van der Waals surface area contributed by atoms with E-state index in [-0.39, 0.29) is 5.78 Å². The first-order valence-electron chi connectivity index (χ1n) is 6.31. The van der Waals surface area contributed by atoms with E-state index in [9.17, 15) is 9.59 Å². The van der Waals surface area contributed by atoms with Gasteiger partial charge in [0.05, 0.1) is 18.9 Å². The van der Waals surface area contributed by atoms with Gasteiger partial charge in [0, 0.05) is 11.6 Å². The highest BCUT2D eigenvalue weighted by atomic mass is 16.5. The van der Waals surface area contributed by atoms with Crippen molar-refractivity contribution in [3.8, 4) is 5.75 Å². The molecular formula is C17H14O4. The Morgan fingerprint density at radius 2 is 1.57 bits per heavy atom. The van der Waals surface area contributed by atoms with Gasteiger partial charge < -0.3 is 9.47 Å². The van der Waals surface area contributed by atoms with Crippen molar-refractivity contribution < 1.29 is 19.1 Å². The summed E-state index contributed by atoms with van der Waals surface area (Å²) in [6.07, 6.45) is 2.32. The van der Waals surface area contributed by atoms with E-state index in [4.69, 9.17) is 9.47 Å². The molecule has 2 rings (SSSR count). The molecule has 0 aliphatic carbocycles. The van der Waals surface area contributed by atoms with Crippen molar-refractivity contribution in [2.45, 2.75) is 0 Å². The minimum Gasteiger partial charge on any atom is -0.497 e. The topological polar surface area (TPSA) is 52.6 Å². The number of carbonyl (C=O) groups is 2. The number of ether oxygens (including phenoxy) is 2. The van der Waals surface area contributed by atoms with Crippen molar-refractivity contribution in [1.82, 2.24) is 0 Å². The molecule has 2 aromatic rings. The van der Waals surface area contributed by atoms with Crippen LogP contribution in [0.25, 0.3) is 0 Å². The Balaban J connectivity index is 1.94. The highest BCUT2D eigenvalue weighted by molar-refractivity contribution is 6.04. The first kappa shape index (κ1) is 14.5. The lowest BCUT2D eigenvalue weighted by molar-refractivity contribution is 0.0662. The third-order valence-electron chi connectivity index (χ3n) is 2.78. The van der Waals surface area contributed by atoms with E-state index in [2.05, 4.69) is 0 Å². The van der Waals surface area contributed by atoms with Gasteiger partial charge in [-0.2, -0.15) is 0 Å². The van der Waals surface area contributed by atoms with Crippen molar-refractivity contribution in [3.05, 3.63) is 78.1 Å². The monoisotopic (exact) mass is 282 g/mol. The van der Waals surface area contributed by atoms with Gasteiger partial charge in [0.1, 0.15) is 5.75 Å². The van der Waals surface area contributed by atoms with E-state index < -0.39 is 5.97 Å². The first-order valence-corrected chi connectivity index (χ1v) is 6.31. The lowest BCUT2D eigenvalue weighted by Crippen LogP contribution is -2.01. The third kappa shape index (κ3) is 4.04. The fourth-order valence-corrected chi connectivity index (χ4v) is 1.65. The number of hydrogen-bond acceptors (Lipinski definition) is 4. The summed E-state index contributed by atoms with van der Waals surface area (Å²) in [4.78, 5) is 23.5. The maximum Gasteiger partial charge on any atom is 0.342 e. The number of allylic oxidation sites excluding steroid dienone is 1. The molecule has 4 heteroatoms. The molecule has 0 saturated heterocycles. The second-order valence-electron chi connectivity index (χ2n) is 4.17. The molecule has 0 atom stereocenters. The van der Waals surface area contributed by atoms with Crippen LogP contribution in [0.2, 0.25) is 0 Å². The summed E-state index contributed by atoms with van der Waals surface area (Å²) in [5.41, 5.74) is 0.918. The lowest BCUT2D eigenvalue weighted by atomic mass is 10.1. The van der Waals surface area contributed by atoms with Gasteiger partial charge in [-0.1, -0.05) is 30.3 Å². The number of methoxy groups -OCH3 is 1. The maximum atomic E-state index is 11.8. The number of rotatable bonds is 5. The highest BCUT2D eigenvalue weighted by Crippen LogP contribution is 2.12. The van der Waals surface area contributed by atoms with Gasteiger partial charge in [-0.15, -0.1) is 0 Å². The van der Waals surface area contributed by atoms with Crippen LogP contribution >= 0.6 is 0 Å². The summed E-state index contributed by atoms with van der Waals surface area (Å²) >= 11 is 0. The average Bonchev–Trinajstić information content (AvgIpc) is 2.55. The summed E-state index contributed by atoms with van der Waals surface area (Å²) in [7, 11) is 1.55. The van der Waals surface area contributed by atoms with E-state index in [1.165, 1.54) is 6.08 Å². The van der Waals surface area contributed by atoms with Crippen LogP contribution in [-0.2, 0) is 4.74 Å². The highest BCUT2D eigenvalue weighted by Gasteiger charge is 2.06. The predicted octanol–water partition coefficient (Wildman–Crippen LogP) is 3.25. The molecule has 0 unspecified atom stereocenters. The van der Waals surface area contributed by atoms with E-state index >= 15 is 0 Å². The first-order chi connectivity index (χ1) is 10.2. The molecule has 0 radical (unpaired) electrons. The molecule has 0 aromatic heterocycles. The number of benzene rings is 2. The number of hydrogen-bond donors (Lipinski definition) is 0. The molecule has 0 aliphatic heterocycles. The van der Waals surface area contributed by atoms with Crippen LogP contribution in [-0.4, -0.2) is 18.9 Å². The van der Waals surface area contributed by atoms with Gasteiger partial charge >= 0.3 is 5.97 Å². The summed E-state index contributed by atoms with van der Waals surface area (Å²) in [5.74, 6) is -0.103. The minimum atomic E-state index is -0.533. The zero-order valence-electron chi connectivity index (χ0n) is 11.5. The standard InChI is InChI=1S/C17H14O4/c1-20-15-9-7-14(8-10-15)17(19)21-12-11-16(18)13-5-3-2-4-6-13/h2-12H,1H3/b12-11+. The second kappa shape index (κ2) is 7.05. The zero-order valence-corrected chi connectivity index (χ0v) is 11.5. The van der Waals surface area contributed by atoms with Crippen LogP contribution in [0, 0.1) is 0 Å². The molecule has 0 spiro atoms. The smallest absolute Gasteiger partial charge is 0.342 e. The molecule has 0 fully saturated rings. The number of ketones is 1. The largest absolute Gasteiger partial charge is 0.497 e. The fraction of sp³-hybridized carbons (Fsp3) is 0.0588. The van der Waals surface area contributed by atoms with Gasteiger partial charge in [0.2, 0.25) is 0 Å². The zero-order chi connectivity index (χ0) is 15.1. The van der Waals surface area contributed by atoms with Crippen LogP contribution in [0.4, 0.5) is 0 Å². The molecule has 0 heterocycles. The normalized spacial score (nSPS) is 10.3. The average molecular weight is 282 g/mol. The fourth-order valence-electron chi connectivity index (χ4n) is 1.65. The Hall–Kier alpha value is -2.88. The minimum absolute atomic E-state index is 0.224. The Morgan fingerprint density at radius 3 is 2.19 bits per heavy atom. The summed E-state index contributed by atoms with van der Waals surface area (Å²) in [5, 5.41) is 0. The quantitative estimate of drug-likeness (QED) is 0.365. The van der Waals surface area contributed by atoms with Crippen LogP contribution in [0.3, 0.4) is 0 Å². The number of carbonyl (C=O) groups excluding carboxylic acids is 2.